The van der Waals surface area contributed by atoms with Crippen molar-refractivity contribution >= 4 is 5.82 Å². The SMILES string of the molecule is Cc1ccc(NN2CCN(C)CC2)nc1. The number of hydrazine groups is 1. The molecule has 0 unspecified atom stereocenters. The van der Waals surface area contributed by atoms with Crippen molar-refractivity contribution in [1.82, 2.24) is 14.9 Å². The molecule has 1 aromatic heterocycles. The molecule has 1 fully saturated rings. The van der Waals surface area contributed by atoms with Gasteiger partial charge in [-0.15, -0.1) is 0 Å². The van der Waals surface area contributed by atoms with Crippen molar-refractivity contribution in [2.24, 2.45) is 0 Å². The lowest BCUT2D eigenvalue weighted by Gasteiger charge is -2.32. The number of aromatic nitrogens is 1. The zero-order valence-corrected chi connectivity index (χ0v) is 9.40. The van der Waals surface area contributed by atoms with Gasteiger partial charge < -0.3 is 10.3 Å². The number of pyridine rings is 1. The van der Waals surface area contributed by atoms with E-state index in [1.165, 1.54) is 5.56 Å². The molecule has 0 saturated carbocycles. The van der Waals surface area contributed by atoms with Crippen LogP contribution >= 0.6 is 0 Å². The van der Waals surface area contributed by atoms with Gasteiger partial charge in [0.2, 0.25) is 0 Å². The second-order valence-corrected chi connectivity index (χ2v) is 4.12. The molecule has 1 aliphatic rings. The van der Waals surface area contributed by atoms with Crippen molar-refractivity contribution in [3.63, 3.8) is 0 Å². The monoisotopic (exact) mass is 206 g/mol. The first-order chi connectivity index (χ1) is 7.24. The summed E-state index contributed by atoms with van der Waals surface area (Å²) in [6.07, 6.45) is 1.89. The third kappa shape index (κ3) is 2.91. The molecule has 0 atom stereocenters. The minimum atomic E-state index is 0.935. The summed E-state index contributed by atoms with van der Waals surface area (Å²) in [6, 6.07) is 4.10. The van der Waals surface area contributed by atoms with E-state index in [2.05, 4.69) is 33.4 Å². The van der Waals surface area contributed by atoms with E-state index in [1.54, 1.807) is 0 Å². The van der Waals surface area contributed by atoms with Crippen LogP contribution in [0.3, 0.4) is 0 Å². The van der Waals surface area contributed by atoms with E-state index in [-0.39, 0.29) is 0 Å². The van der Waals surface area contributed by atoms with Crippen LogP contribution in [0.5, 0.6) is 0 Å². The molecule has 0 aliphatic carbocycles. The van der Waals surface area contributed by atoms with Gasteiger partial charge in [0, 0.05) is 32.4 Å². The van der Waals surface area contributed by atoms with E-state index in [9.17, 15) is 0 Å². The highest BCUT2D eigenvalue weighted by Crippen LogP contribution is 2.06. The summed E-state index contributed by atoms with van der Waals surface area (Å²) >= 11 is 0. The predicted octanol–water partition coefficient (Wildman–Crippen LogP) is 0.964. The number of hydrogen-bond acceptors (Lipinski definition) is 4. The molecule has 4 heteroatoms. The molecule has 0 radical (unpaired) electrons. The smallest absolute Gasteiger partial charge is 0.140 e. The first-order valence-corrected chi connectivity index (χ1v) is 5.37. The highest BCUT2D eigenvalue weighted by atomic mass is 15.5. The standard InChI is InChI=1S/C11H18N4/c1-10-3-4-11(12-9-10)13-15-7-5-14(2)6-8-15/h3-4,9H,5-8H2,1-2H3,(H,12,13). The zero-order valence-electron chi connectivity index (χ0n) is 9.40. The van der Waals surface area contributed by atoms with Gasteiger partial charge >= 0.3 is 0 Å². The Balaban J connectivity index is 1.89. The highest BCUT2D eigenvalue weighted by molar-refractivity contribution is 5.34. The molecule has 1 aliphatic heterocycles. The van der Waals surface area contributed by atoms with Gasteiger partial charge in [0.15, 0.2) is 0 Å². The van der Waals surface area contributed by atoms with Crippen molar-refractivity contribution in [2.45, 2.75) is 6.92 Å². The summed E-state index contributed by atoms with van der Waals surface area (Å²) in [6.45, 7) is 6.36. The fourth-order valence-electron chi connectivity index (χ4n) is 1.61. The molecule has 0 amide bonds. The van der Waals surface area contributed by atoms with Gasteiger partial charge in [-0.2, -0.15) is 0 Å². The summed E-state index contributed by atoms with van der Waals surface area (Å²) in [7, 11) is 2.15. The average molecular weight is 206 g/mol. The van der Waals surface area contributed by atoms with Gasteiger partial charge in [0.05, 0.1) is 0 Å². The van der Waals surface area contributed by atoms with Crippen LogP contribution < -0.4 is 5.43 Å². The number of hydrogen-bond donors (Lipinski definition) is 1. The molecular formula is C11H18N4. The summed E-state index contributed by atoms with van der Waals surface area (Å²) in [5.41, 5.74) is 4.52. The molecule has 1 saturated heterocycles. The topological polar surface area (TPSA) is 31.4 Å². The maximum absolute atomic E-state index is 4.33. The Morgan fingerprint density at radius 3 is 2.53 bits per heavy atom. The van der Waals surface area contributed by atoms with E-state index in [4.69, 9.17) is 0 Å². The van der Waals surface area contributed by atoms with Crippen LogP contribution in [0.4, 0.5) is 5.82 Å². The van der Waals surface area contributed by atoms with Crippen LogP contribution in [0.15, 0.2) is 18.3 Å². The molecule has 0 bridgehead atoms. The Hall–Kier alpha value is -1.13. The number of nitrogens with one attached hydrogen (secondary N) is 1. The van der Waals surface area contributed by atoms with Crippen molar-refractivity contribution in [3.05, 3.63) is 23.9 Å². The lowest BCUT2D eigenvalue weighted by molar-refractivity contribution is 0.178. The van der Waals surface area contributed by atoms with Gasteiger partial charge in [-0.1, -0.05) is 6.07 Å². The molecule has 0 aromatic carbocycles. The van der Waals surface area contributed by atoms with Gasteiger partial charge in [0.1, 0.15) is 5.82 Å². The van der Waals surface area contributed by atoms with Crippen LogP contribution in [0, 0.1) is 6.92 Å². The predicted molar refractivity (Wildman–Crippen MR) is 61.7 cm³/mol. The molecule has 4 nitrogen and oxygen atoms in total. The Kier molecular flexibility index (Phi) is 3.18. The maximum Gasteiger partial charge on any atom is 0.140 e. The Labute approximate surface area is 90.9 Å². The Morgan fingerprint density at radius 1 is 1.20 bits per heavy atom. The van der Waals surface area contributed by atoms with E-state index in [0.717, 1.165) is 32.0 Å². The number of anilines is 1. The minimum absolute atomic E-state index is 0.935. The summed E-state index contributed by atoms with van der Waals surface area (Å²) < 4.78 is 0. The van der Waals surface area contributed by atoms with E-state index < -0.39 is 0 Å². The number of piperazine rings is 1. The molecule has 2 rings (SSSR count). The average Bonchev–Trinajstić information content (AvgIpc) is 2.25. The molecule has 82 valence electrons. The number of rotatable bonds is 2. The molecule has 1 N–H and O–H groups in total. The van der Waals surface area contributed by atoms with Crippen molar-refractivity contribution in [3.8, 4) is 0 Å². The molecule has 0 spiro atoms. The minimum Gasteiger partial charge on any atom is -0.304 e. The molecular weight excluding hydrogens is 188 g/mol. The van der Waals surface area contributed by atoms with E-state index in [0.29, 0.717) is 0 Å². The number of aryl methyl sites for hydroxylation is 1. The van der Waals surface area contributed by atoms with Gasteiger partial charge in [-0.05, 0) is 25.6 Å². The van der Waals surface area contributed by atoms with Crippen molar-refractivity contribution in [2.75, 3.05) is 38.7 Å². The third-order valence-electron chi connectivity index (χ3n) is 2.69. The van der Waals surface area contributed by atoms with Gasteiger partial charge in [-0.25, -0.2) is 9.99 Å². The Morgan fingerprint density at radius 2 is 1.93 bits per heavy atom. The number of nitrogens with zero attached hydrogens (tertiary/aromatic N) is 3. The third-order valence-corrected chi connectivity index (χ3v) is 2.69. The van der Waals surface area contributed by atoms with Gasteiger partial charge in [-0.3, -0.25) is 0 Å². The second kappa shape index (κ2) is 4.59. The fraction of sp³-hybridized carbons (Fsp3) is 0.545. The quantitative estimate of drug-likeness (QED) is 0.781. The van der Waals surface area contributed by atoms with Gasteiger partial charge in [0.25, 0.3) is 0 Å². The lowest BCUT2D eigenvalue weighted by atomic mass is 10.3. The van der Waals surface area contributed by atoms with Crippen LogP contribution in [0.25, 0.3) is 0 Å². The second-order valence-electron chi connectivity index (χ2n) is 4.12. The van der Waals surface area contributed by atoms with Crippen molar-refractivity contribution < 1.29 is 0 Å². The largest absolute Gasteiger partial charge is 0.304 e. The fourth-order valence-corrected chi connectivity index (χ4v) is 1.61. The highest BCUT2D eigenvalue weighted by Gasteiger charge is 2.13. The molecule has 15 heavy (non-hydrogen) atoms. The van der Waals surface area contributed by atoms with Crippen LogP contribution in [-0.2, 0) is 0 Å². The first-order valence-electron chi connectivity index (χ1n) is 5.37. The lowest BCUT2D eigenvalue weighted by Crippen LogP contribution is -2.47. The summed E-state index contributed by atoms with van der Waals surface area (Å²) in [5, 5.41) is 2.22. The number of likely N-dealkylation sites (N-methyl/N-ethyl adjacent to an activating group) is 1. The van der Waals surface area contributed by atoms with Crippen LogP contribution in [-0.4, -0.2) is 48.1 Å². The summed E-state index contributed by atoms with van der Waals surface area (Å²) in [4.78, 5) is 6.66. The molecule has 1 aromatic rings. The van der Waals surface area contributed by atoms with Crippen molar-refractivity contribution in [1.29, 1.82) is 0 Å². The van der Waals surface area contributed by atoms with E-state index in [1.807, 2.05) is 19.2 Å². The van der Waals surface area contributed by atoms with E-state index >= 15 is 0 Å². The Bertz CT molecular complexity index is 301. The summed E-state index contributed by atoms with van der Waals surface area (Å²) in [5.74, 6) is 0.935. The molecule has 2 heterocycles. The van der Waals surface area contributed by atoms with Crippen LogP contribution in [0.2, 0.25) is 0 Å². The zero-order chi connectivity index (χ0) is 10.7. The maximum atomic E-state index is 4.33. The normalized spacial score (nSPS) is 19.1. The first kappa shape index (κ1) is 10.4. The van der Waals surface area contributed by atoms with Crippen LogP contribution in [0.1, 0.15) is 5.56 Å².